The molecular weight excluding hydrogens is 353 g/mol. The minimum absolute atomic E-state index is 0.00392. The molecule has 1 aromatic rings. The number of likely N-dealkylation sites (tertiary alicyclic amines) is 1. The summed E-state index contributed by atoms with van der Waals surface area (Å²) in [6.45, 7) is 2.92. The van der Waals surface area contributed by atoms with E-state index in [9.17, 15) is 14.0 Å². The summed E-state index contributed by atoms with van der Waals surface area (Å²) in [5.74, 6) is -0.181. The van der Waals surface area contributed by atoms with Gasteiger partial charge in [-0.3, -0.25) is 19.4 Å². The summed E-state index contributed by atoms with van der Waals surface area (Å²) in [5.41, 5.74) is 0.549. The first-order valence-corrected chi connectivity index (χ1v) is 9.53. The summed E-state index contributed by atoms with van der Waals surface area (Å²) >= 11 is 0. The minimum Gasteiger partial charge on any atom is -0.376 e. The van der Waals surface area contributed by atoms with E-state index in [0.717, 1.165) is 19.0 Å². The van der Waals surface area contributed by atoms with Gasteiger partial charge in [0, 0.05) is 37.7 Å². The van der Waals surface area contributed by atoms with Crippen molar-refractivity contribution in [2.45, 2.75) is 31.8 Å². The molecule has 0 aliphatic carbocycles. The summed E-state index contributed by atoms with van der Waals surface area (Å²) in [4.78, 5) is 36.2. The smallest absolute Gasteiger partial charge is 0.246 e. The van der Waals surface area contributed by atoms with Crippen molar-refractivity contribution in [2.75, 3.05) is 32.8 Å². The highest BCUT2D eigenvalue weighted by molar-refractivity contribution is 5.79. The SMILES string of the molecule is O=C(Cc1ccc(F)cn1)N1C[C@@H]2[C@H](CC(=O)N3CCCCO3)CO[C@@H]2C1. The van der Waals surface area contributed by atoms with Gasteiger partial charge < -0.3 is 9.64 Å². The molecule has 0 aromatic carbocycles. The van der Waals surface area contributed by atoms with E-state index < -0.39 is 5.82 Å². The Morgan fingerprint density at radius 2 is 2.11 bits per heavy atom. The Balaban J connectivity index is 1.31. The zero-order chi connectivity index (χ0) is 18.8. The van der Waals surface area contributed by atoms with Crippen LogP contribution in [0, 0.1) is 17.7 Å². The predicted octanol–water partition coefficient (Wildman–Crippen LogP) is 1.18. The number of ether oxygens (including phenoxy) is 1. The highest BCUT2D eigenvalue weighted by Gasteiger charge is 2.46. The lowest BCUT2D eigenvalue weighted by Crippen LogP contribution is -2.38. The van der Waals surface area contributed by atoms with Crippen LogP contribution < -0.4 is 0 Å². The lowest BCUT2D eigenvalue weighted by atomic mass is 9.90. The third-order valence-electron chi connectivity index (χ3n) is 5.63. The predicted molar refractivity (Wildman–Crippen MR) is 92.7 cm³/mol. The molecule has 0 N–H and O–H groups in total. The molecule has 3 saturated heterocycles. The van der Waals surface area contributed by atoms with Gasteiger partial charge in [0.2, 0.25) is 11.8 Å². The van der Waals surface area contributed by atoms with Crippen molar-refractivity contribution >= 4 is 11.8 Å². The maximum atomic E-state index is 12.9. The van der Waals surface area contributed by atoms with E-state index >= 15 is 0 Å². The zero-order valence-corrected chi connectivity index (χ0v) is 15.2. The fourth-order valence-electron chi connectivity index (χ4n) is 4.11. The molecule has 0 bridgehead atoms. The number of pyridine rings is 1. The van der Waals surface area contributed by atoms with Crippen molar-refractivity contribution in [1.82, 2.24) is 14.9 Å². The van der Waals surface area contributed by atoms with Crippen molar-refractivity contribution < 1.29 is 23.6 Å². The number of nitrogens with zero attached hydrogens (tertiary/aromatic N) is 3. The molecular formula is C19H24FN3O4. The average molecular weight is 377 g/mol. The Bertz CT molecular complexity index is 693. The number of fused-ring (bicyclic) bond motifs is 1. The highest BCUT2D eigenvalue weighted by atomic mass is 19.1. The molecule has 3 aliphatic rings. The molecule has 8 heteroatoms. The zero-order valence-electron chi connectivity index (χ0n) is 15.2. The molecule has 0 radical (unpaired) electrons. The van der Waals surface area contributed by atoms with Crippen LogP contribution in [0.25, 0.3) is 0 Å². The maximum Gasteiger partial charge on any atom is 0.246 e. The largest absolute Gasteiger partial charge is 0.376 e. The fraction of sp³-hybridized carbons (Fsp3) is 0.632. The van der Waals surface area contributed by atoms with Gasteiger partial charge in [-0.25, -0.2) is 9.45 Å². The van der Waals surface area contributed by atoms with Crippen molar-refractivity contribution in [3.05, 3.63) is 29.8 Å². The quantitative estimate of drug-likeness (QED) is 0.788. The van der Waals surface area contributed by atoms with E-state index in [4.69, 9.17) is 9.57 Å². The van der Waals surface area contributed by atoms with Gasteiger partial charge in [0.1, 0.15) is 5.82 Å². The molecule has 146 valence electrons. The molecule has 0 spiro atoms. The molecule has 4 rings (SSSR count). The van der Waals surface area contributed by atoms with Crippen LogP contribution >= 0.6 is 0 Å². The third-order valence-corrected chi connectivity index (χ3v) is 5.63. The van der Waals surface area contributed by atoms with Gasteiger partial charge in [-0.1, -0.05) is 0 Å². The number of rotatable bonds is 4. The number of carbonyl (C=O) groups excluding carboxylic acids is 2. The number of amides is 2. The molecule has 7 nitrogen and oxygen atoms in total. The second kappa shape index (κ2) is 7.90. The van der Waals surface area contributed by atoms with Crippen LogP contribution in [-0.4, -0.2) is 65.7 Å². The van der Waals surface area contributed by atoms with Gasteiger partial charge in [0.05, 0.1) is 31.9 Å². The van der Waals surface area contributed by atoms with E-state index in [1.807, 2.05) is 0 Å². The van der Waals surface area contributed by atoms with Crippen LogP contribution in [0.1, 0.15) is 25.0 Å². The number of aromatic nitrogens is 1. The van der Waals surface area contributed by atoms with Crippen molar-refractivity contribution in [3.63, 3.8) is 0 Å². The van der Waals surface area contributed by atoms with Gasteiger partial charge >= 0.3 is 0 Å². The van der Waals surface area contributed by atoms with E-state index in [2.05, 4.69) is 4.98 Å². The van der Waals surface area contributed by atoms with Crippen molar-refractivity contribution in [1.29, 1.82) is 0 Å². The molecule has 3 fully saturated rings. The first kappa shape index (κ1) is 18.3. The van der Waals surface area contributed by atoms with Crippen molar-refractivity contribution in [2.24, 2.45) is 11.8 Å². The summed E-state index contributed by atoms with van der Waals surface area (Å²) in [6.07, 6.45) is 3.59. The van der Waals surface area contributed by atoms with Crippen LogP contribution in [-0.2, 0) is 25.6 Å². The summed E-state index contributed by atoms with van der Waals surface area (Å²) < 4.78 is 18.8. The standard InChI is InChI=1S/C19H24FN3O4/c20-14-3-4-15(21-9-14)8-18(24)22-10-16-13(12-26-17(16)11-22)7-19(25)23-5-1-2-6-27-23/h3-4,9,13,16-17H,1-2,5-8,10-12H2/t13-,16-,17-/m1/s1. The second-order valence-corrected chi connectivity index (χ2v) is 7.48. The van der Waals surface area contributed by atoms with Crippen molar-refractivity contribution in [3.8, 4) is 0 Å². The number of hydroxylamine groups is 2. The van der Waals surface area contributed by atoms with Crippen LogP contribution in [0.2, 0.25) is 0 Å². The van der Waals surface area contributed by atoms with E-state index in [-0.39, 0.29) is 36.2 Å². The maximum absolute atomic E-state index is 12.9. The second-order valence-electron chi connectivity index (χ2n) is 7.48. The number of hydrogen-bond acceptors (Lipinski definition) is 5. The average Bonchev–Trinajstić information content (AvgIpc) is 3.26. The van der Waals surface area contributed by atoms with Crippen LogP contribution in [0.15, 0.2) is 18.3 Å². The van der Waals surface area contributed by atoms with E-state index in [0.29, 0.717) is 45.0 Å². The van der Waals surface area contributed by atoms with E-state index in [1.165, 1.54) is 17.2 Å². The third kappa shape index (κ3) is 4.11. The molecule has 2 amide bonds. The molecule has 0 unspecified atom stereocenters. The summed E-state index contributed by atoms with van der Waals surface area (Å²) in [7, 11) is 0. The molecule has 3 atom stereocenters. The first-order valence-electron chi connectivity index (χ1n) is 9.53. The monoisotopic (exact) mass is 377 g/mol. The highest BCUT2D eigenvalue weighted by Crippen LogP contribution is 2.36. The Morgan fingerprint density at radius 3 is 2.85 bits per heavy atom. The topological polar surface area (TPSA) is 72.0 Å². The van der Waals surface area contributed by atoms with E-state index in [1.54, 1.807) is 4.90 Å². The first-order chi connectivity index (χ1) is 13.1. The Labute approximate surface area is 157 Å². The fourth-order valence-corrected chi connectivity index (χ4v) is 4.11. The minimum atomic E-state index is -0.416. The van der Waals surface area contributed by atoms with Gasteiger partial charge in [0.15, 0.2) is 0 Å². The Kier molecular flexibility index (Phi) is 5.36. The molecule has 27 heavy (non-hydrogen) atoms. The lowest BCUT2D eigenvalue weighted by Gasteiger charge is -2.27. The normalized spacial score (nSPS) is 27.7. The number of carbonyl (C=O) groups is 2. The molecule has 1 aromatic heterocycles. The number of hydrogen-bond donors (Lipinski definition) is 0. The van der Waals surface area contributed by atoms with Gasteiger partial charge in [-0.2, -0.15) is 0 Å². The molecule has 3 aliphatic heterocycles. The Hall–Kier alpha value is -2.06. The lowest BCUT2D eigenvalue weighted by molar-refractivity contribution is -0.198. The van der Waals surface area contributed by atoms with Gasteiger partial charge in [0.25, 0.3) is 0 Å². The van der Waals surface area contributed by atoms with Crippen LogP contribution in [0.3, 0.4) is 0 Å². The number of halogens is 1. The Morgan fingerprint density at radius 1 is 1.22 bits per heavy atom. The van der Waals surface area contributed by atoms with Gasteiger partial charge in [-0.05, 0) is 30.9 Å². The molecule has 0 saturated carbocycles. The van der Waals surface area contributed by atoms with Crippen LogP contribution in [0.4, 0.5) is 4.39 Å². The summed E-state index contributed by atoms with van der Waals surface area (Å²) in [5, 5.41) is 1.48. The van der Waals surface area contributed by atoms with Gasteiger partial charge in [-0.15, -0.1) is 0 Å². The molecule has 4 heterocycles. The van der Waals surface area contributed by atoms with Crippen LogP contribution in [0.5, 0.6) is 0 Å². The summed E-state index contributed by atoms with van der Waals surface area (Å²) in [6, 6.07) is 2.84.